The first-order chi connectivity index (χ1) is 14.7. The van der Waals surface area contributed by atoms with Crippen molar-refractivity contribution < 1.29 is 9.13 Å². The second-order valence-corrected chi connectivity index (χ2v) is 7.78. The normalized spacial score (nSPS) is 21.4. The topological polar surface area (TPSA) is 76.4 Å². The molecule has 30 heavy (non-hydrogen) atoms. The number of terminal acetylenes is 1. The summed E-state index contributed by atoms with van der Waals surface area (Å²) in [6, 6.07) is 5.19. The standard InChI is InChI=1S/C22H23FN6O/c1-3-13-6-7-16(26-22(13)27-17-11-24-9-8-15(17)23)18-12-25-20-10-19(30-2)21(14-4-5-14)28-29(18)20/h1,6-7,10,12,14-15,17,24H,4-5,8-9,11H2,2H3,(H,26,27)/t15-,17-/m1/s1. The zero-order chi connectivity index (χ0) is 20.7. The number of pyridine rings is 1. The van der Waals surface area contributed by atoms with Crippen LogP contribution in [0.3, 0.4) is 0 Å². The number of hydrogen-bond acceptors (Lipinski definition) is 6. The van der Waals surface area contributed by atoms with Gasteiger partial charge in [-0.05, 0) is 37.9 Å². The largest absolute Gasteiger partial charge is 0.495 e. The molecule has 3 aromatic heterocycles. The van der Waals surface area contributed by atoms with Gasteiger partial charge < -0.3 is 15.4 Å². The molecular weight excluding hydrogens is 383 g/mol. The van der Waals surface area contributed by atoms with Gasteiger partial charge in [0.2, 0.25) is 0 Å². The fourth-order valence-electron chi connectivity index (χ4n) is 3.86. The highest BCUT2D eigenvalue weighted by molar-refractivity contribution is 5.66. The molecule has 0 radical (unpaired) electrons. The first kappa shape index (κ1) is 18.8. The van der Waals surface area contributed by atoms with E-state index in [1.807, 2.05) is 18.2 Å². The number of anilines is 1. The lowest BCUT2D eigenvalue weighted by Gasteiger charge is -2.28. The van der Waals surface area contributed by atoms with E-state index in [9.17, 15) is 4.39 Å². The average molecular weight is 406 g/mol. The van der Waals surface area contributed by atoms with Gasteiger partial charge in [-0.15, -0.1) is 6.42 Å². The van der Waals surface area contributed by atoms with Crippen LogP contribution in [-0.4, -0.2) is 52.0 Å². The number of alkyl halides is 1. The molecule has 0 bridgehead atoms. The van der Waals surface area contributed by atoms with Gasteiger partial charge in [-0.2, -0.15) is 5.10 Å². The van der Waals surface area contributed by atoms with Gasteiger partial charge >= 0.3 is 0 Å². The molecule has 2 aliphatic rings. The van der Waals surface area contributed by atoms with Crippen LogP contribution in [0, 0.1) is 12.3 Å². The Hall–Kier alpha value is -3.18. The van der Waals surface area contributed by atoms with E-state index < -0.39 is 6.17 Å². The van der Waals surface area contributed by atoms with Crippen molar-refractivity contribution in [2.24, 2.45) is 0 Å². The fourth-order valence-corrected chi connectivity index (χ4v) is 3.86. The van der Waals surface area contributed by atoms with Gasteiger partial charge in [-0.3, -0.25) is 0 Å². The lowest BCUT2D eigenvalue weighted by atomic mass is 10.1. The van der Waals surface area contributed by atoms with Crippen molar-refractivity contribution in [2.45, 2.75) is 37.4 Å². The van der Waals surface area contributed by atoms with Crippen LogP contribution in [0.25, 0.3) is 17.0 Å². The molecule has 3 aromatic rings. The lowest BCUT2D eigenvalue weighted by Crippen LogP contribution is -2.46. The minimum atomic E-state index is -0.951. The Morgan fingerprint density at radius 1 is 1.33 bits per heavy atom. The van der Waals surface area contributed by atoms with Gasteiger partial charge in [0.1, 0.15) is 29.1 Å². The number of piperidine rings is 1. The molecule has 5 rings (SSSR count). The molecule has 0 unspecified atom stereocenters. The van der Waals surface area contributed by atoms with Crippen molar-refractivity contribution >= 4 is 11.5 Å². The summed E-state index contributed by atoms with van der Waals surface area (Å²) in [6.45, 7) is 1.20. The zero-order valence-electron chi connectivity index (χ0n) is 16.7. The van der Waals surface area contributed by atoms with Crippen molar-refractivity contribution in [2.75, 3.05) is 25.5 Å². The monoisotopic (exact) mass is 406 g/mol. The van der Waals surface area contributed by atoms with E-state index in [1.54, 1.807) is 17.8 Å². The molecule has 1 saturated carbocycles. The molecule has 7 nitrogen and oxygen atoms in total. The van der Waals surface area contributed by atoms with E-state index in [0.29, 0.717) is 48.2 Å². The molecule has 1 aliphatic carbocycles. The van der Waals surface area contributed by atoms with Gasteiger partial charge in [-0.25, -0.2) is 18.9 Å². The molecule has 1 aliphatic heterocycles. The highest BCUT2D eigenvalue weighted by atomic mass is 19.1. The summed E-state index contributed by atoms with van der Waals surface area (Å²) >= 11 is 0. The number of aromatic nitrogens is 4. The van der Waals surface area contributed by atoms with Crippen LogP contribution >= 0.6 is 0 Å². The molecule has 0 amide bonds. The second-order valence-electron chi connectivity index (χ2n) is 7.78. The predicted octanol–water partition coefficient (Wildman–Crippen LogP) is 2.77. The lowest BCUT2D eigenvalue weighted by molar-refractivity contribution is 0.241. The molecule has 1 saturated heterocycles. The van der Waals surface area contributed by atoms with Gasteiger partial charge in [0.15, 0.2) is 5.65 Å². The quantitative estimate of drug-likeness (QED) is 0.635. The Morgan fingerprint density at radius 2 is 2.20 bits per heavy atom. The van der Waals surface area contributed by atoms with E-state index >= 15 is 0 Å². The number of nitrogens with one attached hydrogen (secondary N) is 2. The van der Waals surface area contributed by atoms with Crippen LogP contribution in [0.2, 0.25) is 0 Å². The third kappa shape index (κ3) is 3.35. The number of imidazole rings is 1. The Bertz CT molecular complexity index is 1130. The molecule has 0 aromatic carbocycles. The molecule has 154 valence electrons. The highest BCUT2D eigenvalue weighted by Gasteiger charge is 2.30. The Morgan fingerprint density at radius 3 is 2.93 bits per heavy atom. The van der Waals surface area contributed by atoms with Crippen LogP contribution < -0.4 is 15.4 Å². The summed E-state index contributed by atoms with van der Waals surface area (Å²) in [5.41, 5.74) is 3.64. The maximum atomic E-state index is 14.3. The molecule has 0 spiro atoms. The van der Waals surface area contributed by atoms with Gasteiger partial charge in [0, 0.05) is 18.5 Å². The Labute approximate surface area is 174 Å². The van der Waals surface area contributed by atoms with Crippen LogP contribution in [0.5, 0.6) is 5.75 Å². The summed E-state index contributed by atoms with van der Waals surface area (Å²) in [5, 5.41) is 11.2. The van der Waals surface area contributed by atoms with Crippen molar-refractivity contribution in [3.63, 3.8) is 0 Å². The van der Waals surface area contributed by atoms with Crippen LogP contribution in [0.1, 0.15) is 36.4 Å². The van der Waals surface area contributed by atoms with Gasteiger partial charge in [0.25, 0.3) is 0 Å². The zero-order valence-corrected chi connectivity index (χ0v) is 16.7. The number of halogens is 1. The molecule has 4 heterocycles. The Balaban J connectivity index is 1.55. The number of ether oxygens (including phenoxy) is 1. The average Bonchev–Trinajstić information content (AvgIpc) is 3.54. The first-order valence-corrected chi connectivity index (χ1v) is 10.2. The Kier molecular flexibility index (Phi) is 4.75. The third-order valence-corrected chi connectivity index (χ3v) is 5.70. The molecule has 2 N–H and O–H groups in total. The minimum absolute atomic E-state index is 0.375. The van der Waals surface area contributed by atoms with Crippen LogP contribution in [0.15, 0.2) is 24.4 Å². The summed E-state index contributed by atoms with van der Waals surface area (Å²) in [6.07, 6.45) is 9.13. The number of methoxy groups -OCH3 is 1. The fraction of sp³-hybridized carbons (Fsp3) is 0.409. The SMILES string of the molecule is C#Cc1ccc(-c2cnc3cc(OC)c(C4CC4)nn23)nc1N[C@@H]1CNCC[C@H]1F. The molecule has 2 atom stereocenters. The number of rotatable bonds is 5. The third-order valence-electron chi connectivity index (χ3n) is 5.70. The van der Waals surface area contributed by atoms with E-state index in [4.69, 9.17) is 21.2 Å². The predicted molar refractivity (Wildman–Crippen MR) is 112 cm³/mol. The van der Waals surface area contributed by atoms with E-state index in [1.165, 1.54) is 0 Å². The summed E-state index contributed by atoms with van der Waals surface area (Å²) in [5.74, 6) is 4.32. The van der Waals surface area contributed by atoms with Crippen molar-refractivity contribution in [3.05, 3.63) is 35.7 Å². The second kappa shape index (κ2) is 7.58. The molecule has 8 heteroatoms. The van der Waals surface area contributed by atoms with Crippen molar-refractivity contribution in [1.82, 2.24) is 24.9 Å². The van der Waals surface area contributed by atoms with Gasteiger partial charge in [0.05, 0.1) is 30.6 Å². The molecular formula is C22H23FN6O. The number of nitrogens with zero attached hydrogens (tertiary/aromatic N) is 4. The van der Waals surface area contributed by atoms with E-state index in [0.717, 1.165) is 30.0 Å². The number of fused-ring (bicyclic) bond motifs is 1. The van der Waals surface area contributed by atoms with Gasteiger partial charge in [-0.1, -0.05) is 5.92 Å². The highest BCUT2D eigenvalue weighted by Crippen LogP contribution is 2.43. The maximum Gasteiger partial charge on any atom is 0.157 e. The van der Waals surface area contributed by atoms with Crippen LogP contribution in [0.4, 0.5) is 10.2 Å². The molecule has 2 fully saturated rings. The van der Waals surface area contributed by atoms with Crippen LogP contribution in [-0.2, 0) is 0 Å². The van der Waals surface area contributed by atoms with Crippen molar-refractivity contribution in [1.29, 1.82) is 0 Å². The van der Waals surface area contributed by atoms with E-state index in [2.05, 4.69) is 21.5 Å². The first-order valence-electron chi connectivity index (χ1n) is 10.2. The number of hydrogen-bond donors (Lipinski definition) is 2. The summed E-state index contributed by atoms with van der Waals surface area (Å²) in [4.78, 5) is 9.19. The minimum Gasteiger partial charge on any atom is -0.495 e. The summed E-state index contributed by atoms with van der Waals surface area (Å²) in [7, 11) is 1.65. The van der Waals surface area contributed by atoms with E-state index in [-0.39, 0.29) is 6.04 Å². The maximum absolute atomic E-state index is 14.3. The summed E-state index contributed by atoms with van der Waals surface area (Å²) < 4.78 is 21.6. The van der Waals surface area contributed by atoms with Crippen molar-refractivity contribution in [3.8, 4) is 29.5 Å². The smallest absolute Gasteiger partial charge is 0.157 e.